The molecule has 4 N–H and O–H groups in total. The maximum atomic E-state index is 12.8. The lowest BCUT2D eigenvalue weighted by molar-refractivity contribution is 0.0540. The number of thiazole rings is 1. The molecule has 2 aromatic rings. The lowest BCUT2D eigenvalue weighted by Crippen LogP contribution is -2.55. The van der Waals surface area contributed by atoms with Crippen LogP contribution in [0, 0.1) is 10.5 Å². The number of halogens is 2. The van der Waals surface area contributed by atoms with Crippen LogP contribution < -0.4 is 15.5 Å². The van der Waals surface area contributed by atoms with E-state index in [1.54, 1.807) is 14.0 Å². The predicted molar refractivity (Wildman–Crippen MR) is 140 cm³/mol. The molecular weight excluding hydrogens is 613 g/mol. The van der Waals surface area contributed by atoms with E-state index in [9.17, 15) is 19.5 Å². The van der Waals surface area contributed by atoms with Gasteiger partial charge in [-0.25, -0.2) is 9.78 Å². The van der Waals surface area contributed by atoms with E-state index in [1.165, 1.54) is 7.11 Å². The summed E-state index contributed by atoms with van der Waals surface area (Å²) in [5.74, 6) is -2.13. The highest BCUT2D eigenvalue weighted by Crippen LogP contribution is 2.30. The van der Waals surface area contributed by atoms with Gasteiger partial charge in [-0.2, -0.15) is 0 Å². The average Bonchev–Trinajstić information content (AvgIpc) is 3.37. The largest absolute Gasteiger partial charge is 0.477 e. The highest BCUT2D eigenvalue weighted by Gasteiger charge is 2.34. The third-order valence-electron chi connectivity index (χ3n) is 5.55. The first-order valence-corrected chi connectivity index (χ1v) is 13.0. The number of amides is 2. The Kier molecular flexibility index (Phi) is 9.37. The summed E-state index contributed by atoms with van der Waals surface area (Å²) in [7, 11) is 3.06. The van der Waals surface area contributed by atoms with Gasteiger partial charge in [0.25, 0.3) is 11.8 Å². The number of rotatable bonds is 9. The Morgan fingerprint density at radius 3 is 2.66 bits per heavy atom. The van der Waals surface area contributed by atoms with Gasteiger partial charge >= 0.3 is 5.97 Å². The lowest BCUT2D eigenvalue weighted by Gasteiger charge is -2.37. The van der Waals surface area contributed by atoms with E-state index >= 15 is 0 Å². The second-order valence-corrected chi connectivity index (χ2v) is 10.6. The SMILES string of the molecule is COC[C@H](C)NC(=O)c1nc(N2CCC(NC(=O)c3[nH]c(C)c(I)c3Cl)[C@@H](OC)C2)sc1C(=O)O. The Morgan fingerprint density at radius 2 is 2.09 bits per heavy atom. The third-order valence-corrected chi connectivity index (χ3v) is 8.70. The third kappa shape index (κ3) is 6.25. The van der Waals surface area contributed by atoms with Crippen LogP contribution in [0.3, 0.4) is 0 Å². The highest BCUT2D eigenvalue weighted by molar-refractivity contribution is 14.1. The minimum absolute atomic E-state index is 0.141. The monoisotopic (exact) mass is 639 g/mol. The fourth-order valence-electron chi connectivity index (χ4n) is 3.79. The van der Waals surface area contributed by atoms with Gasteiger partial charge in [0, 0.05) is 39.0 Å². The van der Waals surface area contributed by atoms with Crippen molar-refractivity contribution in [2.75, 3.05) is 38.8 Å². The number of carbonyl (C=O) groups excluding carboxylic acids is 2. The molecule has 0 radical (unpaired) electrons. The van der Waals surface area contributed by atoms with Crippen LogP contribution >= 0.6 is 45.5 Å². The molecule has 1 saturated heterocycles. The maximum Gasteiger partial charge on any atom is 0.348 e. The van der Waals surface area contributed by atoms with E-state index in [1.807, 2.05) is 11.8 Å². The molecule has 2 aromatic heterocycles. The zero-order valence-corrected chi connectivity index (χ0v) is 23.3. The molecular formula is C21H27ClIN5O6S. The Morgan fingerprint density at radius 1 is 1.37 bits per heavy atom. The van der Waals surface area contributed by atoms with Crippen LogP contribution in [0.15, 0.2) is 0 Å². The van der Waals surface area contributed by atoms with Gasteiger partial charge in [0.2, 0.25) is 0 Å². The molecule has 1 fully saturated rings. The van der Waals surface area contributed by atoms with E-state index < -0.39 is 18.0 Å². The second-order valence-electron chi connectivity index (χ2n) is 8.15. The summed E-state index contributed by atoms with van der Waals surface area (Å²) >= 11 is 9.30. The molecule has 0 spiro atoms. The molecule has 2 amide bonds. The summed E-state index contributed by atoms with van der Waals surface area (Å²) in [6, 6.07) is -0.602. The molecule has 0 aliphatic carbocycles. The number of nitrogens with one attached hydrogen (secondary N) is 3. The number of piperidine rings is 1. The number of carboxylic acid groups (broad SMARTS) is 1. The van der Waals surface area contributed by atoms with E-state index in [0.29, 0.717) is 35.4 Å². The van der Waals surface area contributed by atoms with Crippen molar-refractivity contribution in [2.45, 2.75) is 38.5 Å². The van der Waals surface area contributed by atoms with Gasteiger partial charge in [-0.3, -0.25) is 9.59 Å². The number of methoxy groups -OCH3 is 2. The summed E-state index contributed by atoms with van der Waals surface area (Å²) in [5.41, 5.74) is 0.972. The number of carboxylic acids is 1. The first-order valence-electron chi connectivity index (χ1n) is 10.7. The molecule has 0 bridgehead atoms. The van der Waals surface area contributed by atoms with Gasteiger partial charge in [0.15, 0.2) is 10.8 Å². The number of ether oxygens (including phenoxy) is 2. The van der Waals surface area contributed by atoms with Gasteiger partial charge in [0.05, 0.1) is 27.3 Å². The number of aryl methyl sites for hydroxylation is 1. The molecule has 3 rings (SSSR count). The fourth-order valence-corrected chi connectivity index (χ4v) is 5.41. The number of aromatic nitrogens is 2. The molecule has 3 atom stereocenters. The highest BCUT2D eigenvalue weighted by atomic mass is 127. The standard InChI is InChI=1S/C21H27ClIN5O6S/c1-9(8-33-3)24-19(30)16-17(20(31)32)35-21(27-16)28-6-5-11(12(7-28)34-4)26-18(29)15-13(22)14(23)10(2)25-15/h9,11-12,25H,5-8H2,1-4H3,(H,24,30)(H,26,29)(H,31,32)/t9-,11?,12-/m0/s1. The fraction of sp³-hybridized carbons (Fsp3) is 0.524. The second kappa shape index (κ2) is 11.9. The topological polar surface area (TPSA) is 146 Å². The van der Waals surface area contributed by atoms with Crippen molar-refractivity contribution in [1.29, 1.82) is 0 Å². The number of H-pyrrole nitrogens is 1. The molecule has 1 aliphatic heterocycles. The predicted octanol–water partition coefficient (Wildman–Crippen LogP) is 2.52. The van der Waals surface area contributed by atoms with Crippen molar-refractivity contribution >= 4 is 68.4 Å². The smallest absolute Gasteiger partial charge is 0.348 e. The first-order chi connectivity index (χ1) is 16.6. The van der Waals surface area contributed by atoms with Crippen LogP contribution in [0.25, 0.3) is 0 Å². The number of anilines is 1. The van der Waals surface area contributed by atoms with Gasteiger partial charge in [-0.1, -0.05) is 22.9 Å². The molecule has 0 aromatic carbocycles. The van der Waals surface area contributed by atoms with Crippen molar-refractivity contribution in [2.24, 2.45) is 0 Å². The minimum atomic E-state index is -1.23. The van der Waals surface area contributed by atoms with Gasteiger partial charge < -0.3 is 35.1 Å². The summed E-state index contributed by atoms with van der Waals surface area (Å²) in [6.45, 7) is 4.71. The number of hydrogen-bond acceptors (Lipinski definition) is 8. The van der Waals surface area contributed by atoms with E-state index in [0.717, 1.165) is 20.6 Å². The van der Waals surface area contributed by atoms with Crippen LogP contribution in [0.4, 0.5) is 5.13 Å². The first kappa shape index (κ1) is 27.6. The van der Waals surface area contributed by atoms with Crippen LogP contribution in [0.5, 0.6) is 0 Å². The molecule has 1 aliphatic rings. The van der Waals surface area contributed by atoms with E-state index in [-0.39, 0.29) is 35.2 Å². The lowest BCUT2D eigenvalue weighted by atomic mass is 10.0. The molecule has 14 heteroatoms. The number of aromatic amines is 1. The molecule has 3 heterocycles. The summed E-state index contributed by atoms with van der Waals surface area (Å²) in [5, 5.41) is 16.1. The van der Waals surface area contributed by atoms with Crippen molar-refractivity contribution < 1.29 is 29.0 Å². The Balaban J connectivity index is 1.73. The van der Waals surface area contributed by atoms with E-state index in [2.05, 4.69) is 43.2 Å². The van der Waals surface area contributed by atoms with Crippen molar-refractivity contribution in [3.05, 3.63) is 30.6 Å². The van der Waals surface area contributed by atoms with E-state index in [4.69, 9.17) is 21.1 Å². The zero-order chi connectivity index (χ0) is 25.9. The van der Waals surface area contributed by atoms with Crippen molar-refractivity contribution in [1.82, 2.24) is 20.6 Å². The number of nitrogens with zero attached hydrogens (tertiary/aromatic N) is 2. The van der Waals surface area contributed by atoms with Crippen LogP contribution in [0.2, 0.25) is 5.02 Å². The van der Waals surface area contributed by atoms with Gasteiger partial charge in [-0.05, 0) is 42.9 Å². The summed E-state index contributed by atoms with van der Waals surface area (Å²) in [6.07, 6.45) is 0.130. The Labute approximate surface area is 225 Å². The quantitative estimate of drug-likeness (QED) is 0.307. The Hall–Kier alpha value is -1.94. The number of hydrogen-bond donors (Lipinski definition) is 4. The Bertz CT molecular complexity index is 1110. The summed E-state index contributed by atoms with van der Waals surface area (Å²) in [4.78, 5) is 46.3. The molecule has 35 heavy (non-hydrogen) atoms. The molecule has 1 unspecified atom stereocenters. The molecule has 192 valence electrons. The summed E-state index contributed by atoms with van der Waals surface area (Å²) < 4.78 is 11.4. The van der Waals surface area contributed by atoms with Crippen molar-refractivity contribution in [3.8, 4) is 0 Å². The van der Waals surface area contributed by atoms with Crippen molar-refractivity contribution in [3.63, 3.8) is 0 Å². The molecule has 0 saturated carbocycles. The van der Waals surface area contributed by atoms with Gasteiger partial charge in [-0.15, -0.1) is 0 Å². The number of aromatic carboxylic acids is 1. The molecule has 11 nitrogen and oxygen atoms in total. The van der Waals surface area contributed by atoms with Crippen LogP contribution in [-0.2, 0) is 9.47 Å². The average molecular weight is 640 g/mol. The van der Waals surface area contributed by atoms with Crippen LogP contribution in [-0.4, -0.2) is 85.0 Å². The van der Waals surface area contributed by atoms with Crippen LogP contribution in [0.1, 0.15) is 49.7 Å². The zero-order valence-electron chi connectivity index (χ0n) is 19.6. The minimum Gasteiger partial charge on any atom is -0.477 e. The maximum absolute atomic E-state index is 12.8. The van der Waals surface area contributed by atoms with Gasteiger partial charge in [0.1, 0.15) is 10.6 Å². The number of carbonyl (C=O) groups is 3. The normalized spacial score (nSPS) is 18.9.